The largest absolute Gasteiger partial charge is 0.456 e. The lowest BCUT2D eigenvalue weighted by molar-refractivity contribution is -0.152. The summed E-state index contributed by atoms with van der Waals surface area (Å²) in [6.45, 7) is 0.730. The summed E-state index contributed by atoms with van der Waals surface area (Å²) in [7, 11) is 0. The van der Waals surface area contributed by atoms with Crippen LogP contribution in [0.4, 0.5) is 0 Å². The fraction of sp³-hybridized carbons (Fsp3) is 0.417. The van der Waals surface area contributed by atoms with E-state index in [1.165, 1.54) is 10.5 Å². The molecule has 2 atom stereocenters. The Bertz CT molecular complexity index is 911. The number of hydrogen-bond acceptors (Lipinski definition) is 5. The average molecular weight is 422 g/mol. The molecular formula is C24H26N2O5. The third-order valence-corrected chi connectivity index (χ3v) is 6.20. The van der Waals surface area contributed by atoms with Gasteiger partial charge in [-0.15, -0.1) is 0 Å². The van der Waals surface area contributed by atoms with Crippen LogP contribution in [-0.2, 0) is 23.9 Å². The molecule has 3 aliphatic rings. The molecule has 0 aromatic heterocycles. The van der Waals surface area contributed by atoms with Crippen LogP contribution < -0.4 is 0 Å². The van der Waals surface area contributed by atoms with Gasteiger partial charge in [-0.25, -0.2) is 0 Å². The molecular weight excluding hydrogens is 396 g/mol. The van der Waals surface area contributed by atoms with E-state index in [-0.39, 0.29) is 49.1 Å². The molecule has 7 nitrogen and oxygen atoms in total. The summed E-state index contributed by atoms with van der Waals surface area (Å²) in [5.74, 6) is -1.86. The fourth-order valence-corrected chi connectivity index (χ4v) is 4.41. The number of benzene rings is 1. The zero-order chi connectivity index (χ0) is 21.8. The highest BCUT2D eigenvalue weighted by Crippen LogP contribution is 2.35. The normalized spacial score (nSPS) is 22.9. The van der Waals surface area contributed by atoms with Crippen LogP contribution in [0.5, 0.6) is 0 Å². The molecule has 0 bridgehead atoms. The molecule has 0 saturated carbocycles. The number of likely N-dealkylation sites (tertiary alicyclic amines) is 1. The summed E-state index contributed by atoms with van der Waals surface area (Å²) in [5, 5.41) is 0. The molecule has 0 N–H and O–H groups in total. The van der Waals surface area contributed by atoms with Gasteiger partial charge in [0.15, 0.2) is 6.61 Å². The minimum atomic E-state index is -0.584. The first-order valence-corrected chi connectivity index (χ1v) is 10.7. The van der Waals surface area contributed by atoms with Crippen molar-refractivity contribution in [3.05, 3.63) is 54.1 Å². The molecule has 1 saturated heterocycles. The van der Waals surface area contributed by atoms with Crippen molar-refractivity contribution in [3.63, 3.8) is 0 Å². The summed E-state index contributed by atoms with van der Waals surface area (Å²) in [6.07, 6.45) is 7.66. The standard InChI is InChI=1S/C24H26N2O5/c27-21(25-13-10-18(11-14-25)17-6-2-1-3-7-17)16-31-22(28)12-15-26-23(29)19-8-4-5-9-20(19)24(26)30/h1-7,10,19-20H,8-9,11-16H2/t19-,20-/m0/s1. The van der Waals surface area contributed by atoms with Crippen molar-refractivity contribution in [2.75, 3.05) is 26.2 Å². The first-order valence-electron chi connectivity index (χ1n) is 10.7. The Morgan fingerprint density at radius 2 is 1.68 bits per heavy atom. The fourth-order valence-electron chi connectivity index (χ4n) is 4.41. The molecule has 0 spiro atoms. The van der Waals surface area contributed by atoms with Crippen molar-refractivity contribution in [1.29, 1.82) is 0 Å². The Morgan fingerprint density at radius 3 is 2.29 bits per heavy atom. The number of fused-ring (bicyclic) bond motifs is 1. The molecule has 4 rings (SSSR count). The van der Waals surface area contributed by atoms with E-state index >= 15 is 0 Å². The Kier molecular flexibility index (Phi) is 6.30. The highest BCUT2D eigenvalue weighted by molar-refractivity contribution is 6.05. The zero-order valence-corrected chi connectivity index (χ0v) is 17.4. The van der Waals surface area contributed by atoms with Gasteiger partial charge in [0.25, 0.3) is 5.91 Å². The second-order valence-electron chi connectivity index (χ2n) is 8.08. The number of nitrogens with zero attached hydrogens (tertiary/aromatic N) is 2. The van der Waals surface area contributed by atoms with Crippen molar-refractivity contribution < 1.29 is 23.9 Å². The molecule has 0 unspecified atom stereocenters. The van der Waals surface area contributed by atoms with Crippen molar-refractivity contribution in [2.24, 2.45) is 11.8 Å². The first-order chi connectivity index (χ1) is 15.0. The van der Waals surface area contributed by atoms with Crippen LogP contribution in [0.25, 0.3) is 5.57 Å². The predicted molar refractivity (Wildman–Crippen MR) is 113 cm³/mol. The molecule has 31 heavy (non-hydrogen) atoms. The summed E-state index contributed by atoms with van der Waals surface area (Å²) in [5.41, 5.74) is 2.36. The van der Waals surface area contributed by atoms with Gasteiger partial charge in [0.2, 0.25) is 11.8 Å². The van der Waals surface area contributed by atoms with Crippen LogP contribution in [0, 0.1) is 11.8 Å². The molecule has 1 aliphatic carbocycles. The second kappa shape index (κ2) is 9.29. The van der Waals surface area contributed by atoms with Crippen molar-refractivity contribution in [1.82, 2.24) is 9.80 Å². The van der Waals surface area contributed by atoms with E-state index < -0.39 is 5.97 Å². The number of esters is 1. The molecule has 162 valence electrons. The van der Waals surface area contributed by atoms with E-state index in [2.05, 4.69) is 0 Å². The van der Waals surface area contributed by atoms with Crippen molar-refractivity contribution in [3.8, 4) is 0 Å². The highest BCUT2D eigenvalue weighted by Gasteiger charge is 2.46. The maximum Gasteiger partial charge on any atom is 0.308 e. The van der Waals surface area contributed by atoms with E-state index in [4.69, 9.17) is 4.74 Å². The van der Waals surface area contributed by atoms with Crippen molar-refractivity contribution >= 4 is 29.3 Å². The number of imide groups is 1. The van der Waals surface area contributed by atoms with Gasteiger partial charge >= 0.3 is 5.97 Å². The third kappa shape index (κ3) is 4.60. The number of carbonyl (C=O) groups excluding carboxylic acids is 4. The first kappa shape index (κ1) is 21.0. The molecule has 2 aliphatic heterocycles. The molecule has 7 heteroatoms. The van der Waals surface area contributed by atoms with Crippen LogP contribution in [0.3, 0.4) is 0 Å². The molecule has 1 fully saturated rings. The van der Waals surface area contributed by atoms with Crippen LogP contribution in [-0.4, -0.2) is 59.7 Å². The molecule has 1 aromatic carbocycles. The lowest BCUT2D eigenvalue weighted by atomic mass is 9.85. The van der Waals surface area contributed by atoms with E-state index in [0.29, 0.717) is 25.9 Å². The summed E-state index contributed by atoms with van der Waals surface area (Å²) >= 11 is 0. The SMILES string of the molecule is O=C(CCN1C(=O)[C@H]2CC=CC[C@@H]2C1=O)OCC(=O)N1CC=C(c2ccccc2)CC1. The van der Waals surface area contributed by atoms with Crippen LogP contribution in [0.15, 0.2) is 48.6 Å². The minimum Gasteiger partial charge on any atom is -0.456 e. The van der Waals surface area contributed by atoms with Gasteiger partial charge in [0.1, 0.15) is 0 Å². The van der Waals surface area contributed by atoms with Crippen LogP contribution in [0.2, 0.25) is 0 Å². The van der Waals surface area contributed by atoms with Gasteiger partial charge in [-0.1, -0.05) is 48.6 Å². The topological polar surface area (TPSA) is 84.0 Å². The van der Waals surface area contributed by atoms with Gasteiger partial charge in [0.05, 0.1) is 18.3 Å². The van der Waals surface area contributed by atoms with Gasteiger partial charge in [-0.3, -0.25) is 24.1 Å². The maximum atomic E-state index is 12.4. The number of carbonyl (C=O) groups is 4. The van der Waals surface area contributed by atoms with Gasteiger partial charge in [-0.05, 0) is 30.4 Å². The van der Waals surface area contributed by atoms with Crippen LogP contribution in [0.1, 0.15) is 31.2 Å². The summed E-state index contributed by atoms with van der Waals surface area (Å²) in [4.78, 5) is 52.1. The number of amides is 3. The lowest BCUT2D eigenvalue weighted by Crippen LogP contribution is -2.38. The molecule has 2 heterocycles. The van der Waals surface area contributed by atoms with Gasteiger partial charge < -0.3 is 9.64 Å². The molecule has 0 radical (unpaired) electrons. The smallest absolute Gasteiger partial charge is 0.308 e. The Labute approximate surface area is 181 Å². The zero-order valence-electron chi connectivity index (χ0n) is 17.4. The molecule has 1 aromatic rings. The number of rotatable bonds is 6. The van der Waals surface area contributed by atoms with E-state index in [0.717, 1.165) is 12.0 Å². The minimum absolute atomic E-state index is 0.00454. The Hall–Kier alpha value is -3.22. The predicted octanol–water partition coefficient (Wildman–Crippen LogP) is 2.19. The average Bonchev–Trinajstić information content (AvgIpc) is 3.06. The second-order valence-corrected chi connectivity index (χ2v) is 8.08. The maximum absolute atomic E-state index is 12.4. The van der Waals surface area contributed by atoms with E-state index in [9.17, 15) is 19.2 Å². The Morgan fingerprint density at radius 1 is 1.00 bits per heavy atom. The number of ether oxygens (including phenoxy) is 1. The number of hydrogen-bond donors (Lipinski definition) is 0. The Balaban J connectivity index is 1.21. The van der Waals surface area contributed by atoms with Crippen molar-refractivity contribution in [2.45, 2.75) is 25.7 Å². The van der Waals surface area contributed by atoms with Gasteiger partial charge in [0, 0.05) is 19.6 Å². The summed E-state index contributed by atoms with van der Waals surface area (Å²) < 4.78 is 5.11. The quantitative estimate of drug-likeness (QED) is 0.399. The van der Waals surface area contributed by atoms with E-state index in [1.807, 2.05) is 48.6 Å². The monoisotopic (exact) mass is 422 g/mol. The van der Waals surface area contributed by atoms with Crippen LogP contribution >= 0.6 is 0 Å². The summed E-state index contributed by atoms with van der Waals surface area (Å²) in [6, 6.07) is 10.0. The third-order valence-electron chi connectivity index (χ3n) is 6.20. The highest BCUT2D eigenvalue weighted by atomic mass is 16.5. The van der Waals surface area contributed by atoms with E-state index in [1.54, 1.807) is 4.90 Å². The number of allylic oxidation sites excluding steroid dienone is 2. The molecule has 3 amide bonds. The van der Waals surface area contributed by atoms with Gasteiger partial charge in [-0.2, -0.15) is 0 Å². The lowest BCUT2D eigenvalue weighted by Gasteiger charge is -2.26.